The highest BCUT2D eigenvalue weighted by Crippen LogP contribution is 2.44. The van der Waals surface area contributed by atoms with Crippen molar-refractivity contribution in [3.63, 3.8) is 0 Å². The van der Waals surface area contributed by atoms with Crippen LogP contribution in [0.25, 0.3) is 0 Å². The van der Waals surface area contributed by atoms with E-state index in [1.807, 2.05) is 0 Å². The molecule has 0 aromatic rings. The molecule has 1 N–H and O–H groups in total. The maximum Gasteiger partial charge on any atom is 0.320 e. The Labute approximate surface area is 121 Å². The molecule has 5 atom stereocenters. The predicted octanol–water partition coefficient (Wildman–Crippen LogP) is 1.80. The van der Waals surface area contributed by atoms with Crippen LogP contribution in [0.15, 0.2) is 0 Å². The fourth-order valence-corrected chi connectivity index (χ4v) is 5.56. The van der Waals surface area contributed by atoms with Crippen molar-refractivity contribution in [2.75, 3.05) is 19.6 Å². The monoisotopic (exact) mass is 278 g/mol. The van der Waals surface area contributed by atoms with Crippen LogP contribution in [0.3, 0.4) is 0 Å². The van der Waals surface area contributed by atoms with Gasteiger partial charge in [0.1, 0.15) is 6.04 Å². The number of carboxylic acid groups (broad SMARTS) is 1. The quantitative estimate of drug-likeness (QED) is 0.794. The summed E-state index contributed by atoms with van der Waals surface area (Å²) in [7, 11) is 0. The second-order valence-corrected chi connectivity index (χ2v) is 7.36. The molecule has 4 aliphatic heterocycles. The first-order chi connectivity index (χ1) is 9.74. The van der Waals surface area contributed by atoms with Crippen LogP contribution in [0.1, 0.15) is 44.9 Å². The van der Waals surface area contributed by atoms with Crippen molar-refractivity contribution in [3.05, 3.63) is 0 Å². The number of carbonyl (C=O) groups is 1. The lowest BCUT2D eigenvalue weighted by atomic mass is 9.70. The van der Waals surface area contributed by atoms with E-state index in [0.29, 0.717) is 6.04 Å². The number of aliphatic carboxylic acids is 1. The van der Waals surface area contributed by atoms with Crippen LogP contribution in [0.2, 0.25) is 0 Å². The Kier molecular flexibility index (Phi) is 3.26. The average Bonchev–Trinajstić information content (AvgIpc) is 2.47. The molecule has 2 bridgehead atoms. The molecule has 0 spiro atoms. The summed E-state index contributed by atoms with van der Waals surface area (Å²) in [6, 6.07) is 1.09. The molecule has 0 aromatic heterocycles. The molecule has 0 radical (unpaired) electrons. The van der Waals surface area contributed by atoms with E-state index in [1.165, 1.54) is 45.2 Å². The first-order valence-electron chi connectivity index (χ1n) is 8.46. The van der Waals surface area contributed by atoms with Crippen molar-refractivity contribution >= 4 is 5.97 Å². The number of hydrogen-bond donors (Lipinski definition) is 1. The third kappa shape index (κ3) is 2.00. The van der Waals surface area contributed by atoms with Gasteiger partial charge in [-0.05, 0) is 56.9 Å². The topological polar surface area (TPSA) is 43.8 Å². The summed E-state index contributed by atoms with van der Waals surface area (Å²) in [5.41, 5.74) is 0. The van der Waals surface area contributed by atoms with E-state index >= 15 is 0 Å². The van der Waals surface area contributed by atoms with Crippen molar-refractivity contribution in [3.8, 4) is 0 Å². The first kappa shape index (κ1) is 13.1. The average molecular weight is 278 g/mol. The second kappa shape index (κ2) is 4.99. The summed E-state index contributed by atoms with van der Waals surface area (Å²) in [5, 5.41) is 9.52. The lowest BCUT2D eigenvalue weighted by Gasteiger charge is -2.58. The molecule has 4 nitrogen and oxygen atoms in total. The Balaban J connectivity index is 1.58. The summed E-state index contributed by atoms with van der Waals surface area (Å²) in [5.74, 6) is 0.866. The molecular formula is C16H26N2O2. The predicted molar refractivity (Wildman–Crippen MR) is 76.6 cm³/mol. The summed E-state index contributed by atoms with van der Waals surface area (Å²) < 4.78 is 0. The number of piperidine rings is 4. The van der Waals surface area contributed by atoms with Gasteiger partial charge < -0.3 is 5.11 Å². The van der Waals surface area contributed by atoms with E-state index in [4.69, 9.17) is 0 Å². The van der Waals surface area contributed by atoms with E-state index < -0.39 is 5.97 Å². The van der Waals surface area contributed by atoms with Gasteiger partial charge in [-0.1, -0.05) is 6.42 Å². The molecule has 0 saturated carbocycles. The van der Waals surface area contributed by atoms with Crippen molar-refractivity contribution in [2.45, 2.75) is 63.1 Å². The van der Waals surface area contributed by atoms with Crippen LogP contribution in [-0.4, -0.2) is 58.6 Å². The molecule has 20 heavy (non-hydrogen) atoms. The van der Waals surface area contributed by atoms with Gasteiger partial charge in [-0.3, -0.25) is 14.6 Å². The summed E-state index contributed by atoms with van der Waals surface area (Å²) in [6.07, 6.45) is 8.61. The van der Waals surface area contributed by atoms with Crippen molar-refractivity contribution in [1.29, 1.82) is 0 Å². The van der Waals surface area contributed by atoms with Crippen LogP contribution in [0, 0.1) is 11.8 Å². The molecule has 4 heteroatoms. The minimum absolute atomic E-state index is 0.200. The zero-order valence-corrected chi connectivity index (χ0v) is 12.2. The zero-order chi connectivity index (χ0) is 13.7. The SMILES string of the molecule is O=C(O)[C@H]1CCC[C@@H]2[C@@H]3C[C@H](CN12)[C@@H]1CCCCN1C3. The van der Waals surface area contributed by atoms with Gasteiger partial charge in [-0.25, -0.2) is 0 Å². The van der Waals surface area contributed by atoms with Gasteiger partial charge in [-0.2, -0.15) is 0 Å². The molecule has 112 valence electrons. The van der Waals surface area contributed by atoms with E-state index in [1.54, 1.807) is 0 Å². The molecule has 0 amide bonds. The number of carboxylic acids is 1. The summed E-state index contributed by atoms with van der Waals surface area (Å²) in [6.45, 7) is 3.56. The Hall–Kier alpha value is -0.610. The lowest BCUT2D eigenvalue weighted by molar-refractivity contribution is -0.153. The fraction of sp³-hybridized carbons (Fsp3) is 0.938. The minimum Gasteiger partial charge on any atom is -0.480 e. The van der Waals surface area contributed by atoms with E-state index in [2.05, 4.69) is 9.80 Å². The smallest absolute Gasteiger partial charge is 0.320 e. The maximum absolute atomic E-state index is 11.6. The lowest BCUT2D eigenvalue weighted by Crippen LogP contribution is -2.66. The van der Waals surface area contributed by atoms with E-state index in [0.717, 1.165) is 37.3 Å². The molecule has 0 aromatic carbocycles. The Bertz CT molecular complexity index is 400. The standard InChI is InChI=1S/C16H26N2O2/c19-16(20)15-6-3-5-14-11-8-12(10-18(14)15)13-4-1-2-7-17(13)9-11/h11-15H,1-10H2,(H,19,20)/t11-,12-,13+,14-,15-/m1/s1. The molecule has 4 aliphatic rings. The van der Waals surface area contributed by atoms with Crippen LogP contribution in [0.4, 0.5) is 0 Å². The fourth-order valence-electron chi connectivity index (χ4n) is 5.56. The highest BCUT2D eigenvalue weighted by atomic mass is 16.4. The van der Waals surface area contributed by atoms with Crippen molar-refractivity contribution < 1.29 is 9.90 Å². The highest BCUT2D eigenvalue weighted by Gasteiger charge is 2.49. The molecular weight excluding hydrogens is 252 g/mol. The van der Waals surface area contributed by atoms with Gasteiger partial charge >= 0.3 is 5.97 Å². The van der Waals surface area contributed by atoms with Crippen molar-refractivity contribution in [2.24, 2.45) is 11.8 Å². The summed E-state index contributed by atoms with van der Waals surface area (Å²) in [4.78, 5) is 16.7. The van der Waals surface area contributed by atoms with Crippen LogP contribution in [-0.2, 0) is 4.79 Å². The number of rotatable bonds is 1. The third-order valence-electron chi connectivity index (χ3n) is 6.36. The van der Waals surface area contributed by atoms with Gasteiger partial charge in [0, 0.05) is 25.2 Å². The maximum atomic E-state index is 11.6. The Morgan fingerprint density at radius 3 is 2.60 bits per heavy atom. The molecule has 0 unspecified atom stereocenters. The van der Waals surface area contributed by atoms with Crippen LogP contribution >= 0.6 is 0 Å². The normalized spacial score (nSPS) is 45.5. The van der Waals surface area contributed by atoms with Gasteiger partial charge in [0.25, 0.3) is 0 Å². The Morgan fingerprint density at radius 2 is 1.75 bits per heavy atom. The van der Waals surface area contributed by atoms with Gasteiger partial charge in [0.2, 0.25) is 0 Å². The van der Waals surface area contributed by atoms with E-state index in [-0.39, 0.29) is 6.04 Å². The summed E-state index contributed by atoms with van der Waals surface area (Å²) >= 11 is 0. The molecule has 0 aliphatic carbocycles. The minimum atomic E-state index is -0.588. The van der Waals surface area contributed by atoms with Gasteiger partial charge in [0.05, 0.1) is 0 Å². The second-order valence-electron chi connectivity index (χ2n) is 7.36. The van der Waals surface area contributed by atoms with Crippen LogP contribution < -0.4 is 0 Å². The largest absolute Gasteiger partial charge is 0.480 e. The third-order valence-corrected chi connectivity index (χ3v) is 6.36. The number of nitrogens with zero attached hydrogens (tertiary/aromatic N) is 2. The first-order valence-corrected chi connectivity index (χ1v) is 8.46. The van der Waals surface area contributed by atoms with Gasteiger partial charge in [-0.15, -0.1) is 0 Å². The molecule has 4 saturated heterocycles. The highest BCUT2D eigenvalue weighted by molar-refractivity contribution is 5.73. The van der Waals surface area contributed by atoms with Crippen LogP contribution in [0.5, 0.6) is 0 Å². The number of fused-ring (bicyclic) bond motifs is 6. The number of hydrogen-bond acceptors (Lipinski definition) is 3. The molecule has 4 rings (SSSR count). The zero-order valence-electron chi connectivity index (χ0n) is 12.2. The van der Waals surface area contributed by atoms with E-state index in [9.17, 15) is 9.90 Å². The van der Waals surface area contributed by atoms with Crippen molar-refractivity contribution in [1.82, 2.24) is 9.80 Å². The molecule has 4 fully saturated rings. The molecule has 4 heterocycles. The Morgan fingerprint density at radius 1 is 0.950 bits per heavy atom. The van der Waals surface area contributed by atoms with Gasteiger partial charge in [0.15, 0.2) is 0 Å².